The molecule has 0 radical (unpaired) electrons. The van der Waals surface area contributed by atoms with Gasteiger partial charge in [-0.25, -0.2) is 4.39 Å². The summed E-state index contributed by atoms with van der Waals surface area (Å²) in [6, 6.07) is 10.3. The number of nitrogens with zero attached hydrogens (tertiary/aromatic N) is 2. The molecule has 2 heterocycles. The molecule has 1 atom stereocenters. The van der Waals surface area contributed by atoms with Gasteiger partial charge in [-0.3, -0.25) is 14.5 Å². The Hall–Kier alpha value is -3.13. The topological polar surface area (TPSA) is 77.8 Å². The van der Waals surface area contributed by atoms with Crippen molar-refractivity contribution in [2.75, 3.05) is 44.2 Å². The zero-order valence-corrected chi connectivity index (χ0v) is 19.5. The molecule has 0 saturated carbocycles. The molecule has 182 valence electrons. The van der Waals surface area contributed by atoms with E-state index < -0.39 is 11.8 Å². The van der Waals surface area contributed by atoms with Crippen molar-refractivity contribution in [3.63, 3.8) is 0 Å². The summed E-state index contributed by atoms with van der Waals surface area (Å²) in [5.41, 5.74) is 1.96. The number of benzene rings is 1. The summed E-state index contributed by atoms with van der Waals surface area (Å²) in [4.78, 5) is 28.9. The Balaban J connectivity index is 1.28. The van der Waals surface area contributed by atoms with Crippen molar-refractivity contribution in [1.82, 2.24) is 15.5 Å². The summed E-state index contributed by atoms with van der Waals surface area (Å²) in [5.74, 6) is -0.751. The summed E-state index contributed by atoms with van der Waals surface area (Å²) < 4.78 is 19.8. The van der Waals surface area contributed by atoms with E-state index in [2.05, 4.69) is 21.6 Å². The zero-order chi connectivity index (χ0) is 23.8. The normalized spacial score (nSPS) is 17.7. The second-order valence-electron chi connectivity index (χ2n) is 8.83. The Labute approximate surface area is 200 Å². The first-order valence-corrected chi connectivity index (χ1v) is 12.1. The lowest BCUT2D eigenvalue weighted by Gasteiger charge is -2.39. The van der Waals surface area contributed by atoms with Crippen LogP contribution in [0.3, 0.4) is 0 Å². The average Bonchev–Trinajstić information content (AvgIpc) is 3.40. The highest BCUT2D eigenvalue weighted by molar-refractivity contribution is 6.35. The third-order valence-electron chi connectivity index (χ3n) is 6.60. The number of anilines is 1. The Bertz CT molecular complexity index is 984. The van der Waals surface area contributed by atoms with Crippen LogP contribution in [0.1, 0.15) is 43.9 Å². The highest BCUT2D eigenvalue weighted by Crippen LogP contribution is 2.25. The van der Waals surface area contributed by atoms with E-state index in [0.29, 0.717) is 38.4 Å². The highest BCUT2D eigenvalue weighted by atomic mass is 19.1. The van der Waals surface area contributed by atoms with Gasteiger partial charge in [-0.1, -0.05) is 23.8 Å². The predicted molar refractivity (Wildman–Crippen MR) is 129 cm³/mol. The molecule has 2 aliphatic rings. The number of rotatable bonds is 8. The molecule has 1 fully saturated rings. The lowest BCUT2D eigenvalue weighted by Crippen LogP contribution is -2.51. The molecule has 7 nitrogen and oxygen atoms in total. The smallest absolute Gasteiger partial charge is 0.309 e. The van der Waals surface area contributed by atoms with Gasteiger partial charge in [0, 0.05) is 39.3 Å². The van der Waals surface area contributed by atoms with Gasteiger partial charge in [0.2, 0.25) is 0 Å². The van der Waals surface area contributed by atoms with Gasteiger partial charge in [0.15, 0.2) is 0 Å². The molecule has 1 aromatic heterocycles. The average molecular weight is 469 g/mol. The van der Waals surface area contributed by atoms with Crippen LogP contribution in [0.5, 0.6) is 0 Å². The van der Waals surface area contributed by atoms with Crippen LogP contribution in [0.2, 0.25) is 0 Å². The van der Waals surface area contributed by atoms with Crippen LogP contribution in [-0.4, -0.2) is 56.0 Å². The minimum atomic E-state index is -0.640. The Morgan fingerprint density at radius 3 is 2.50 bits per heavy atom. The van der Waals surface area contributed by atoms with Crippen LogP contribution in [-0.2, 0) is 9.59 Å². The van der Waals surface area contributed by atoms with E-state index in [1.165, 1.54) is 24.5 Å². The van der Waals surface area contributed by atoms with Gasteiger partial charge >= 0.3 is 11.8 Å². The third kappa shape index (κ3) is 6.26. The van der Waals surface area contributed by atoms with Crippen molar-refractivity contribution in [1.29, 1.82) is 0 Å². The second-order valence-corrected chi connectivity index (χ2v) is 8.83. The van der Waals surface area contributed by atoms with Crippen LogP contribution >= 0.6 is 0 Å². The van der Waals surface area contributed by atoms with Crippen LogP contribution < -0.4 is 15.5 Å². The molecule has 0 bridgehead atoms. The fraction of sp³-hybridized carbons (Fsp3) is 0.462. The van der Waals surface area contributed by atoms with Gasteiger partial charge in [-0.15, -0.1) is 0 Å². The van der Waals surface area contributed by atoms with Crippen molar-refractivity contribution in [3.8, 4) is 0 Å². The van der Waals surface area contributed by atoms with E-state index in [0.717, 1.165) is 25.0 Å². The lowest BCUT2D eigenvalue weighted by molar-refractivity contribution is -0.139. The van der Waals surface area contributed by atoms with Gasteiger partial charge in [-0.05, 0) is 56.4 Å². The maximum absolute atomic E-state index is 14.2. The van der Waals surface area contributed by atoms with Gasteiger partial charge in [-0.2, -0.15) is 0 Å². The van der Waals surface area contributed by atoms with Gasteiger partial charge in [0.1, 0.15) is 11.6 Å². The molecular formula is C26H33FN4O3. The Morgan fingerprint density at radius 1 is 1.00 bits per heavy atom. The summed E-state index contributed by atoms with van der Waals surface area (Å²) in [6.07, 6.45) is 9.25. The number of nitrogens with one attached hydrogen (secondary N) is 2. The SMILES string of the molecule is O=C(NCCC1=CCCCC1)C(=O)NC[C@H](c1ccco1)N1CCN(c2ccccc2F)CC1. The zero-order valence-electron chi connectivity index (χ0n) is 19.5. The van der Waals surface area contributed by atoms with Gasteiger partial charge in [0.05, 0.1) is 18.0 Å². The van der Waals surface area contributed by atoms with E-state index in [1.54, 1.807) is 18.4 Å². The largest absolute Gasteiger partial charge is 0.468 e. The monoisotopic (exact) mass is 468 g/mol. The minimum absolute atomic E-state index is 0.207. The molecule has 4 rings (SSSR count). The lowest BCUT2D eigenvalue weighted by atomic mass is 9.97. The molecule has 1 aromatic carbocycles. The summed E-state index contributed by atoms with van der Waals surface area (Å²) in [7, 11) is 0. The highest BCUT2D eigenvalue weighted by Gasteiger charge is 2.28. The van der Waals surface area contributed by atoms with Crippen LogP contribution in [0.4, 0.5) is 10.1 Å². The molecule has 0 unspecified atom stereocenters. The quantitative estimate of drug-likeness (QED) is 0.459. The number of furan rings is 1. The molecular weight excluding hydrogens is 435 g/mol. The van der Waals surface area contributed by atoms with E-state index >= 15 is 0 Å². The number of carbonyl (C=O) groups excluding carboxylic acids is 2. The van der Waals surface area contributed by atoms with Gasteiger partial charge in [0.25, 0.3) is 0 Å². The molecule has 1 saturated heterocycles. The van der Waals surface area contributed by atoms with Crippen molar-refractivity contribution < 1.29 is 18.4 Å². The number of amides is 2. The van der Waals surface area contributed by atoms with E-state index in [1.807, 2.05) is 23.1 Å². The van der Waals surface area contributed by atoms with E-state index in [-0.39, 0.29) is 18.4 Å². The van der Waals surface area contributed by atoms with Gasteiger partial charge < -0.3 is 20.0 Å². The van der Waals surface area contributed by atoms with Crippen molar-refractivity contribution in [3.05, 3.63) is 65.9 Å². The van der Waals surface area contributed by atoms with Crippen molar-refractivity contribution in [2.24, 2.45) is 0 Å². The Morgan fingerprint density at radius 2 is 1.79 bits per heavy atom. The van der Waals surface area contributed by atoms with Crippen molar-refractivity contribution >= 4 is 17.5 Å². The van der Waals surface area contributed by atoms with Crippen molar-refractivity contribution in [2.45, 2.75) is 38.1 Å². The fourth-order valence-electron chi connectivity index (χ4n) is 4.69. The maximum Gasteiger partial charge on any atom is 0.309 e. The van der Waals surface area contributed by atoms with Crippen LogP contribution in [0, 0.1) is 5.82 Å². The molecule has 2 N–H and O–H groups in total. The molecule has 1 aliphatic carbocycles. The van der Waals surface area contributed by atoms with Crippen LogP contribution in [0.25, 0.3) is 0 Å². The second kappa shape index (κ2) is 11.8. The molecule has 1 aliphatic heterocycles. The fourth-order valence-corrected chi connectivity index (χ4v) is 4.69. The number of hydrogen-bond acceptors (Lipinski definition) is 5. The predicted octanol–water partition coefficient (Wildman–Crippen LogP) is 3.40. The number of carbonyl (C=O) groups is 2. The number of piperazine rings is 1. The summed E-state index contributed by atoms with van der Waals surface area (Å²) >= 11 is 0. The number of allylic oxidation sites excluding steroid dienone is 1. The Kier molecular flexibility index (Phi) is 8.36. The summed E-state index contributed by atoms with van der Waals surface area (Å²) in [5, 5.41) is 5.49. The molecule has 8 heteroatoms. The first-order valence-electron chi connectivity index (χ1n) is 12.1. The summed E-state index contributed by atoms with van der Waals surface area (Å²) in [6.45, 7) is 3.39. The maximum atomic E-state index is 14.2. The first-order chi connectivity index (χ1) is 16.6. The molecule has 34 heavy (non-hydrogen) atoms. The molecule has 2 amide bonds. The third-order valence-corrected chi connectivity index (χ3v) is 6.60. The van der Waals surface area contributed by atoms with E-state index in [9.17, 15) is 14.0 Å². The molecule has 0 spiro atoms. The first kappa shape index (κ1) is 24.0. The number of halogens is 1. The molecule has 2 aromatic rings. The van der Waals surface area contributed by atoms with Crippen LogP contribution in [0.15, 0.2) is 58.7 Å². The number of hydrogen-bond donors (Lipinski definition) is 2. The standard InChI is InChI=1S/C26H33FN4O3/c27-21-9-4-5-10-22(21)30-14-16-31(17-15-30)23(24-11-6-18-34-24)19-29-26(33)25(32)28-13-12-20-7-2-1-3-8-20/h4-7,9-11,18,23H,1-3,8,12-17,19H2,(H,28,32)(H,29,33)/t23-/m1/s1. The van der Waals surface area contributed by atoms with E-state index in [4.69, 9.17) is 4.42 Å². The minimum Gasteiger partial charge on any atom is -0.468 e. The number of para-hydroxylation sites is 1.